The molecule has 12 atom stereocenters. The Labute approximate surface area is 414 Å². The molecule has 5 rings (SSSR count). The van der Waals surface area contributed by atoms with Crippen molar-refractivity contribution in [2.45, 2.75) is 207 Å². The first kappa shape index (κ1) is 57.5. The number of likely N-dealkylation sites (tertiary alicyclic amines) is 1. The first-order valence-electron chi connectivity index (χ1n) is 26.7. The Morgan fingerprint density at radius 1 is 0.806 bits per heavy atom. The van der Waals surface area contributed by atoms with Gasteiger partial charge in [0.2, 0.25) is 5.91 Å². The van der Waals surface area contributed by atoms with Crippen molar-refractivity contribution in [3.8, 4) is 0 Å². The van der Waals surface area contributed by atoms with Gasteiger partial charge in [-0.2, -0.15) is 0 Å². The lowest BCUT2D eigenvalue weighted by atomic mass is 9.47. The topological polar surface area (TPSA) is 149 Å². The van der Waals surface area contributed by atoms with E-state index in [-0.39, 0.29) is 42.6 Å². The summed E-state index contributed by atoms with van der Waals surface area (Å²) in [5.74, 6) is 6.86. The van der Waals surface area contributed by atoms with E-state index >= 15 is 0 Å². The number of carbonyl (C=O) groups excluding carboxylic acids is 2. The number of rotatable bonds is 31. The Morgan fingerprint density at radius 3 is 2.16 bits per heavy atom. The summed E-state index contributed by atoms with van der Waals surface area (Å²) in [7, 11) is -2.99. The largest absolute Gasteiger partial charge is 0.462 e. The van der Waals surface area contributed by atoms with Crippen LogP contribution in [0.1, 0.15) is 189 Å². The van der Waals surface area contributed by atoms with Crippen molar-refractivity contribution in [1.29, 1.82) is 0 Å². The van der Waals surface area contributed by atoms with E-state index in [4.69, 9.17) is 23.2 Å². The van der Waals surface area contributed by atoms with E-state index in [1.54, 1.807) is 10.5 Å². The molecule has 1 aliphatic heterocycles. The zero-order valence-corrected chi connectivity index (χ0v) is 46.2. The van der Waals surface area contributed by atoms with Gasteiger partial charge in [-0.3, -0.25) is 18.7 Å². The molecule has 388 valence electrons. The summed E-state index contributed by atoms with van der Waals surface area (Å²) in [6.45, 7) is 16.2. The molecule has 1 amide bonds. The molecule has 3 saturated carbocycles. The highest BCUT2D eigenvalue weighted by molar-refractivity contribution is 8.76. The van der Waals surface area contributed by atoms with E-state index in [0.29, 0.717) is 44.3 Å². The number of aliphatic hydroxyl groups is 1. The summed E-state index contributed by atoms with van der Waals surface area (Å²) in [5, 5.41) is 10.4. The molecule has 1 heterocycles. The summed E-state index contributed by atoms with van der Waals surface area (Å²) >= 11 is 0. The van der Waals surface area contributed by atoms with Crippen LogP contribution in [0, 0.1) is 46.3 Å². The van der Waals surface area contributed by atoms with Gasteiger partial charge < -0.3 is 33.2 Å². The summed E-state index contributed by atoms with van der Waals surface area (Å²) in [5.41, 5.74) is 2.30. The van der Waals surface area contributed by atoms with Crippen LogP contribution in [0.4, 0.5) is 0 Å². The molecule has 4 unspecified atom stereocenters. The maximum absolute atomic E-state index is 13.2. The minimum atomic E-state index is -3.37. The van der Waals surface area contributed by atoms with Crippen LogP contribution in [0.2, 0.25) is 0 Å². The summed E-state index contributed by atoms with van der Waals surface area (Å²) in [4.78, 5) is 37.1. The summed E-state index contributed by atoms with van der Waals surface area (Å²) in [6.07, 6.45) is 25.7. The molecule has 0 radical (unpaired) electrons. The van der Waals surface area contributed by atoms with Gasteiger partial charge in [0.05, 0.1) is 32.0 Å². The fourth-order valence-electron chi connectivity index (χ4n) is 13.1. The van der Waals surface area contributed by atoms with E-state index in [1.165, 1.54) is 64.7 Å². The van der Waals surface area contributed by atoms with Crippen LogP contribution in [0.5, 0.6) is 0 Å². The van der Waals surface area contributed by atoms with Crippen molar-refractivity contribution in [3.63, 3.8) is 0 Å². The second-order valence-corrected chi connectivity index (χ2v) is 29.1. The van der Waals surface area contributed by atoms with Gasteiger partial charge in [0, 0.05) is 50.6 Å². The summed E-state index contributed by atoms with van der Waals surface area (Å²) < 4.78 is 46.6. The van der Waals surface area contributed by atoms with Gasteiger partial charge in [-0.1, -0.05) is 113 Å². The third-order valence-corrected chi connectivity index (χ3v) is 21.3. The van der Waals surface area contributed by atoms with Crippen LogP contribution in [-0.4, -0.2) is 96.2 Å². The van der Waals surface area contributed by atoms with Crippen molar-refractivity contribution < 1.29 is 47.0 Å². The fourth-order valence-corrected chi connectivity index (χ4v) is 16.9. The number of fused-ring (bicyclic) bond motifs is 5. The fraction of sp³-hybridized carbons (Fsp3) is 0.923. The van der Waals surface area contributed by atoms with Gasteiger partial charge in [-0.15, -0.1) is 0 Å². The number of β-amino-alcohol motifs (C(OH)–C–C–N with tert-alkyl or cyclic N) is 1. The lowest BCUT2D eigenvalue weighted by molar-refractivity contribution is -0.151. The first-order valence-corrected chi connectivity index (χ1v) is 33.2. The molecule has 1 saturated heterocycles. The number of ether oxygens (including phenoxy) is 1. The molecule has 0 aromatic carbocycles. The number of esters is 1. The highest BCUT2D eigenvalue weighted by Crippen LogP contribution is 2.67. The molecule has 2 N–H and O–H groups in total. The third kappa shape index (κ3) is 18.0. The predicted octanol–water partition coefficient (Wildman–Crippen LogP) is 13.7. The van der Waals surface area contributed by atoms with Crippen molar-refractivity contribution >= 4 is 48.7 Å². The van der Waals surface area contributed by atoms with E-state index < -0.39 is 21.3 Å². The van der Waals surface area contributed by atoms with Gasteiger partial charge >= 0.3 is 21.2 Å². The quantitative estimate of drug-likeness (QED) is 0.0224. The second kappa shape index (κ2) is 27.6. The van der Waals surface area contributed by atoms with Crippen LogP contribution < -0.4 is 0 Å². The predicted molar refractivity (Wildman–Crippen MR) is 277 cm³/mol. The lowest BCUT2D eigenvalue weighted by Crippen LogP contribution is -2.51. The van der Waals surface area contributed by atoms with E-state index in [0.717, 1.165) is 124 Å². The van der Waals surface area contributed by atoms with Crippen molar-refractivity contribution in [3.05, 3.63) is 11.6 Å². The number of amides is 1. The smallest absolute Gasteiger partial charge is 0.327 e. The minimum absolute atomic E-state index is 0.0161. The molecular formula is C52H93NO10P2S2. The maximum atomic E-state index is 13.2. The molecule has 11 nitrogen and oxygen atoms in total. The molecular weight excluding hydrogens is 925 g/mol. The number of unbranched alkanes of at least 4 members (excludes halogenated alkanes) is 7. The normalized spacial score (nSPS) is 31.6. The molecule has 15 heteroatoms. The number of allylic oxidation sites excluding steroid dienone is 1. The molecule has 67 heavy (non-hydrogen) atoms. The Bertz CT molecular complexity index is 1660. The van der Waals surface area contributed by atoms with Gasteiger partial charge in [0.15, 0.2) is 0 Å². The van der Waals surface area contributed by atoms with Crippen molar-refractivity contribution in [2.75, 3.05) is 51.2 Å². The van der Waals surface area contributed by atoms with Crippen LogP contribution in [0.15, 0.2) is 11.6 Å². The van der Waals surface area contributed by atoms with Crippen LogP contribution in [-0.2, 0) is 37.0 Å². The lowest BCUT2D eigenvalue weighted by Gasteiger charge is -2.58. The monoisotopic (exact) mass is 1020 g/mol. The number of nitrogens with zero attached hydrogens (tertiary/aromatic N) is 1. The van der Waals surface area contributed by atoms with Crippen LogP contribution >= 0.6 is 36.8 Å². The average molecular weight is 1020 g/mol. The summed E-state index contributed by atoms with van der Waals surface area (Å²) in [6, 6.07) is -0.340. The van der Waals surface area contributed by atoms with E-state index in [1.807, 2.05) is 21.6 Å². The van der Waals surface area contributed by atoms with Crippen molar-refractivity contribution in [1.82, 2.24) is 4.90 Å². The Balaban J connectivity index is 0.900. The molecule has 4 fully saturated rings. The number of carbonyl (C=O) groups is 2. The van der Waals surface area contributed by atoms with Gasteiger partial charge in [0.25, 0.3) is 0 Å². The SMILES string of the molecule is CC(C)CCC[C@@H](C)C1CC[C@H]2[C@@H]3CC=C4C[C@@H](OC(=O)CCCCCCC(=O)N5CC(O)C[C@H]5COP(C)(=O)OCCCCCSSCCCCCOP(C)(=O)O)CC[C@]4(C)[C@H]3CC[C@]12C. The highest BCUT2D eigenvalue weighted by Gasteiger charge is 2.59. The zero-order chi connectivity index (χ0) is 48.7. The standard InChI is InChI=1S/C52H93NO10P2S2/c1-39(2)19-18-20-40(3)46-25-26-47-45-24-23-41-35-44(27-29-51(41,4)48(45)28-30-52(46,47)5)63-50(56)22-13-9-8-12-21-49(55)53-37-43(54)36-42(53)38-62-65(7,59)61-32-15-11-17-34-67-66-33-16-10-14-31-60-64(6,57)58/h23,39-40,42-48,54H,8-22,24-38H2,1-7H3,(H,57,58)/t40-,42+,43?,44+,45+,46?,47+,48+,51+,52-,65?/m1/s1. The van der Waals surface area contributed by atoms with Crippen LogP contribution in [0.3, 0.4) is 0 Å². The third-order valence-electron chi connectivity index (χ3n) is 16.8. The Morgan fingerprint density at radius 2 is 1.48 bits per heavy atom. The number of hydrogen-bond acceptors (Lipinski definition) is 11. The zero-order valence-electron chi connectivity index (χ0n) is 42.8. The molecule has 0 bridgehead atoms. The average Bonchev–Trinajstić information content (AvgIpc) is 3.83. The number of aliphatic hydroxyl groups excluding tert-OH is 1. The molecule has 0 aromatic heterocycles. The van der Waals surface area contributed by atoms with Crippen LogP contribution in [0.25, 0.3) is 0 Å². The van der Waals surface area contributed by atoms with E-state index in [9.17, 15) is 23.8 Å². The molecule has 0 aromatic rings. The van der Waals surface area contributed by atoms with E-state index in [2.05, 4.69) is 40.7 Å². The Hall–Kier alpha value is -0.360. The van der Waals surface area contributed by atoms with Crippen molar-refractivity contribution in [2.24, 2.45) is 46.3 Å². The van der Waals surface area contributed by atoms with Gasteiger partial charge in [-0.05, 0) is 136 Å². The number of hydrogen-bond donors (Lipinski definition) is 2. The molecule has 4 aliphatic carbocycles. The Kier molecular flexibility index (Phi) is 23.7. The molecule has 5 aliphatic rings. The second-order valence-electron chi connectivity index (χ2n) is 22.4. The highest BCUT2D eigenvalue weighted by atomic mass is 33.1. The maximum Gasteiger partial charge on any atom is 0.327 e. The first-order chi connectivity index (χ1) is 31.8. The molecule has 0 spiro atoms. The van der Waals surface area contributed by atoms with Gasteiger partial charge in [-0.25, -0.2) is 0 Å². The van der Waals surface area contributed by atoms with Gasteiger partial charge in [0.1, 0.15) is 6.10 Å². The minimum Gasteiger partial charge on any atom is -0.462 e.